The first-order chi connectivity index (χ1) is 19.1. The largest absolute Gasteiger partial charge is 0.462 e. The number of carbonyl (C=O) groups excluding carboxylic acids is 2. The van der Waals surface area contributed by atoms with Crippen molar-refractivity contribution >= 4 is 11.9 Å². The summed E-state index contributed by atoms with van der Waals surface area (Å²) in [6, 6.07) is 0. The van der Waals surface area contributed by atoms with Gasteiger partial charge in [0.05, 0.1) is 0 Å². The van der Waals surface area contributed by atoms with Crippen molar-refractivity contribution in [1.29, 1.82) is 0 Å². The van der Waals surface area contributed by atoms with E-state index in [0.717, 1.165) is 25.7 Å². The molecule has 0 heterocycles. The molecule has 0 N–H and O–H groups in total. The molecule has 0 aliphatic carbocycles. The lowest BCUT2D eigenvalue weighted by atomic mass is 10.0. The smallest absolute Gasteiger partial charge is 0.306 e. The Bertz CT molecular complexity index is 519. The number of rotatable bonds is 31. The molecule has 4 nitrogen and oxygen atoms in total. The van der Waals surface area contributed by atoms with Gasteiger partial charge < -0.3 is 9.47 Å². The summed E-state index contributed by atoms with van der Waals surface area (Å²) in [5, 5.41) is 0. The Kier molecular flexibility index (Phi) is 30.6. The first-order valence-corrected chi connectivity index (χ1v) is 17.3. The molecule has 1 atom stereocenters. The van der Waals surface area contributed by atoms with Gasteiger partial charge in [-0.15, -0.1) is 0 Å². The molecule has 0 aromatic heterocycles. The SMILES string of the molecule is [CH2]C(COC(=O)CCCCCCCCCCCCCCC)OC(=O)CCCCCCCCCCCCCCC. The van der Waals surface area contributed by atoms with Gasteiger partial charge in [-0.2, -0.15) is 0 Å². The van der Waals surface area contributed by atoms with Gasteiger partial charge in [-0.05, 0) is 19.8 Å². The van der Waals surface area contributed by atoms with E-state index in [9.17, 15) is 9.59 Å². The Morgan fingerprint density at radius 1 is 0.462 bits per heavy atom. The molecule has 0 rings (SSSR count). The van der Waals surface area contributed by atoms with Crippen molar-refractivity contribution in [3.63, 3.8) is 0 Å². The van der Waals surface area contributed by atoms with Crippen LogP contribution in [0.15, 0.2) is 0 Å². The zero-order valence-electron chi connectivity index (χ0n) is 26.4. The molecule has 0 aliphatic rings. The summed E-state index contributed by atoms with van der Waals surface area (Å²) >= 11 is 0. The quantitative estimate of drug-likeness (QED) is 0.0635. The van der Waals surface area contributed by atoms with Crippen LogP contribution in [0.5, 0.6) is 0 Å². The van der Waals surface area contributed by atoms with Crippen LogP contribution in [-0.4, -0.2) is 24.6 Å². The molecular weight excluding hydrogens is 484 g/mol. The van der Waals surface area contributed by atoms with E-state index in [4.69, 9.17) is 9.47 Å². The normalized spacial score (nSPS) is 12.0. The third kappa shape index (κ3) is 31.3. The second-order valence-electron chi connectivity index (χ2n) is 11.8. The second kappa shape index (κ2) is 31.5. The fourth-order valence-electron chi connectivity index (χ4n) is 5.11. The number of unbranched alkanes of at least 4 members (excludes halogenated alkanes) is 24. The Morgan fingerprint density at radius 3 is 1.08 bits per heavy atom. The molecule has 0 aromatic carbocycles. The van der Waals surface area contributed by atoms with Gasteiger partial charge in [-0.3, -0.25) is 9.59 Å². The predicted molar refractivity (Wildman–Crippen MR) is 167 cm³/mol. The topological polar surface area (TPSA) is 52.6 Å². The summed E-state index contributed by atoms with van der Waals surface area (Å²) in [6.45, 7) is 8.40. The molecule has 0 fully saturated rings. The van der Waals surface area contributed by atoms with Crippen LogP contribution in [0.1, 0.15) is 194 Å². The highest BCUT2D eigenvalue weighted by Crippen LogP contribution is 2.15. The Balaban J connectivity index is 3.40. The summed E-state index contributed by atoms with van der Waals surface area (Å²) < 4.78 is 10.6. The zero-order chi connectivity index (χ0) is 28.7. The van der Waals surface area contributed by atoms with E-state index in [1.165, 1.54) is 141 Å². The molecule has 1 unspecified atom stereocenters. The summed E-state index contributed by atoms with van der Waals surface area (Å²) in [5.74, 6) is -0.440. The van der Waals surface area contributed by atoms with Crippen molar-refractivity contribution in [3.8, 4) is 0 Å². The van der Waals surface area contributed by atoms with Crippen LogP contribution < -0.4 is 0 Å². The van der Waals surface area contributed by atoms with E-state index >= 15 is 0 Å². The molecule has 4 heteroatoms. The van der Waals surface area contributed by atoms with E-state index in [1.807, 2.05) is 0 Å². The lowest BCUT2D eigenvalue weighted by molar-refractivity contribution is -0.156. The molecule has 0 aliphatic heterocycles. The molecule has 39 heavy (non-hydrogen) atoms. The van der Waals surface area contributed by atoms with E-state index in [2.05, 4.69) is 20.8 Å². The molecule has 0 bridgehead atoms. The fourth-order valence-corrected chi connectivity index (χ4v) is 5.11. The average molecular weight is 552 g/mol. The Labute approximate surface area is 244 Å². The number of hydrogen-bond acceptors (Lipinski definition) is 4. The first kappa shape index (κ1) is 37.9. The monoisotopic (exact) mass is 552 g/mol. The van der Waals surface area contributed by atoms with Crippen LogP contribution in [0.25, 0.3) is 0 Å². The van der Waals surface area contributed by atoms with E-state index in [-0.39, 0.29) is 18.5 Å². The molecule has 0 amide bonds. The van der Waals surface area contributed by atoms with E-state index < -0.39 is 6.10 Å². The number of esters is 2. The van der Waals surface area contributed by atoms with Gasteiger partial charge >= 0.3 is 11.9 Å². The third-order valence-electron chi connectivity index (χ3n) is 7.70. The van der Waals surface area contributed by atoms with Gasteiger partial charge in [0.1, 0.15) is 12.7 Å². The minimum Gasteiger partial charge on any atom is -0.462 e. The molecule has 1 radical (unpaired) electrons. The van der Waals surface area contributed by atoms with Gasteiger partial charge in [0.25, 0.3) is 0 Å². The lowest BCUT2D eigenvalue weighted by Gasteiger charge is -2.13. The standard InChI is InChI=1S/C35H67O4/c1-4-6-8-10-12-14-16-18-20-22-24-26-28-30-34(36)38-32-33(3)39-35(37)31-29-27-25-23-21-19-17-15-13-11-9-7-5-2/h33H,3-32H2,1-2H3. The Morgan fingerprint density at radius 2 is 0.744 bits per heavy atom. The van der Waals surface area contributed by atoms with Crippen LogP contribution in [0, 0.1) is 6.92 Å². The third-order valence-corrected chi connectivity index (χ3v) is 7.70. The molecule has 231 valence electrons. The Hall–Kier alpha value is -1.06. The maximum atomic E-state index is 12.0. The number of hydrogen-bond donors (Lipinski definition) is 0. The minimum absolute atomic E-state index is 0.0572. The van der Waals surface area contributed by atoms with Crippen LogP contribution in [0.2, 0.25) is 0 Å². The summed E-state index contributed by atoms with van der Waals surface area (Å²) in [6.07, 6.45) is 33.7. The van der Waals surface area contributed by atoms with Crippen molar-refractivity contribution in [2.45, 2.75) is 200 Å². The van der Waals surface area contributed by atoms with Crippen molar-refractivity contribution in [2.75, 3.05) is 6.61 Å². The van der Waals surface area contributed by atoms with Gasteiger partial charge in [-0.1, -0.05) is 168 Å². The van der Waals surface area contributed by atoms with E-state index in [1.54, 1.807) is 0 Å². The molecule has 0 saturated heterocycles. The molecule has 0 saturated carbocycles. The highest BCUT2D eigenvalue weighted by atomic mass is 16.6. The number of ether oxygens (including phenoxy) is 2. The molecule has 0 aromatic rings. The van der Waals surface area contributed by atoms with Gasteiger partial charge in [0.15, 0.2) is 0 Å². The highest BCUT2D eigenvalue weighted by molar-refractivity contribution is 5.70. The van der Waals surface area contributed by atoms with Crippen LogP contribution in [0.3, 0.4) is 0 Å². The first-order valence-electron chi connectivity index (χ1n) is 17.3. The summed E-state index contributed by atoms with van der Waals surface area (Å²) in [4.78, 5) is 24.0. The second-order valence-corrected chi connectivity index (χ2v) is 11.8. The van der Waals surface area contributed by atoms with Crippen LogP contribution in [-0.2, 0) is 19.1 Å². The lowest BCUT2D eigenvalue weighted by Crippen LogP contribution is -2.22. The summed E-state index contributed by atoms with van der Waals surface area (Å²) in [7, 11) is 0. The van der Waals surface area contributed by atoms with Crippen LogP contribution in [0.4, 0.5) is 0 Å². The van der Waals surface area contributed by atoms with Gasteiger partial charge in [0.2, 0.25) is 0 Å². The predicted octanol–water partition coefficient (Wildman–Crippen LogP) is 11.2. The highest BCUT2D eigenvalue weighted by Gasteiger charge is 2.12. The minimum atomic E-state index is -0.616. The van der Waals surface area contributed by atoms with Crippen LogP contribution >= 0.6 is 0 Å². The zero-order valence-corrected chi connectivity index (χ0v) is 26.4. The van der Waals surface area contributed by atoms with Crippen molar-refractivity contribution in [2.24, 2.45) is 0 Å². The maximum absolute atomic E-state index is 12.0. The number of carbonyl (C=O) groups is 2. The maximum Gasteiger partial charge on any atom is 0.306 e. The van der Waals surface area contributed by atoms with Crippen molar-refractivity contribution in [1.82, 2.24) is 0 Å². The van der Waals surface area contributed by atoms with Crippen molar-refractivity contribution in [3.05, 3.63) is 6.92 Å². The van der Waals surface area contributed by atoms with Crippen molar-refractivity contribution < 1.29 is 19.1 Å². The average Bonchev–Trinajstić information content (AvgIpc) is 2.92. The van der Waals surface area contributed by atoms with Gasteiger partial charge in [0, 0.05) is 12.8 Å². The summed E-state index contributed by atoms with van der Waals surface area (Å²) in [5.41, 5.74) is 0. The van der Waals surface area contributed by atoms with E-state index in [0.29, 0.717) is 12.8 Å². The molecular formula is C35H67O4. The fraction of sp³-hybridized carbons (Fsp3) is 0.914. The van der Waals surface area contributed by atoms with Gasteiger partial charge in [-0.25, -0.2) is 0 Å². The molecule has 0 spiro atoms.